The average molecular weight is 506 g/mol. The van der Waals surface area contributed by atoms with Gasteiger partial charge in [-0.05, 0) is 93.6 Å². The third-order valence-corrected chi connectivity index (χ3v) is 8.80. The molecule has 1 fully saturated rings. The molecule has 1 aromatic carbocycles. The zero-order valence-electron chi connectivity index (χ0n) is 20.0. The van der Waals surface area contributed by atoms with E-state index >= 15 is 0 Å². The van der Waals surface area contributed by atoms with Crippen LogP contribution in [0, 0.1) is 13.8 Å². The molecule has 1 aliphatic heterocycles. The first-order valence-corrected chi connectivity index (χ1v) is 13.4. The molecule has 0 radical (unpaired) electrons. The van der Waals surface area contributed by atoms with E-state index in [1.54, 1.807) is 16.2 Å². The van der Waals surface area contributed by atoms with Crippen LogP contribution in [-0.4, -0.2) is 38.2 Å². The number of thiophene rings is 1. The number of nitrogens with zero attached hydrogens (tertiary/aromatic N) is 3. The Hall–Kier alpha value is -3.10. The van der Waals surface area contributed by atoms with Crippen LogP contribution in [-0.2, 0) is 17.6 Å². The molecule has 6 nitrogen and oxygen atoms in total. The number of fused-ring (bicyclic) bond motifs is 1. The topological polar surface area (TPSA) is 74.9 Å². The Balaban J connectivity index is 1.55. The number of amidine groups is 1. The Labute approximate surface area is 213 Å². The number of carboxylic acid groups (broad SMARTS) is 1. The lowest BCUT2D eigenvalue weighted by atomic mass is 9.95. The summed E-state index contributed by atoms with van der Waals surface area (Å²) in [6, 6.07) is 11.7. The maximum Gasteiger partial charge on any atom is 0.339 e. The molecule has 0 spiro atoms. The summed E-state index contributed by atoms with van der Waals surface area (Å²) in [4.78, 5) is 33.6. The van der Waals surface area contributed by atoms with E-state index in [9.17, 15) is 14.7 Å². The van der Waals surface area contributed by atoms with Gasteiger partial charge in [-0.2, -0.15) is 0 Å². The average Bonchev–Trinajstić information content (AvgIpc) is 3.45. The summed E-state index contributed by atoms with van der Waals surface area (Å²) in [5.41, 5.74) is 5.04. The molecule has 180 valence electrons. The molecule has 3 heterocycles. The van der Waals surface area contributed by atoms with Gasteiger partial charge < -0.3 is 9.67 Å². The van der Waals surface area contributed by atoms with Gasteiger partial charge in [0.05, 0.1) is 16.2 Å². The van der Waals surface area contributed by atoms with Crippen molar-refractivity contribution in [1.82, 2.24) is 9.47 Å². The fraction of sp³-hybridized carbons (Fsp3) is 0.296. The number of amides is 1. The van der Waals surface area contributed by atoms with Gasteiger partial charge in [-0.3, -0.25) is 9.69 Å². The third kappa shape index (κ3) is 4.25. The number of carboxylic acids is 1. The van der Waals surface area contributed by atoms with Crippen molar-refractivity contribution < 1.29 is 14.7 Å². The highest BCUT2D eigenvalue weighted by atomic mass is 32.2. The molecule has 2 aromatic heterocycles. The van der Waals surface area contributed by atoms with Crippen LogP contribution in [0.4, 0.5) is 5.69 Å². The fourth-order valence-corrected chi connectivity index (χ4v) is 7.35. The number of hydrogen-bond donors (Lipinski definition) is 1. The van der Waals surface area contributed by atoms with E-state index in [4.69, 9.17) is 0 Å². The first-order valence-electron chi connectivity index (χ1n) is 11.8. The van der Waals surface area contributed by atoms with Gasteiger partial charge in [-0.15, -0.1) is 11.3 Å². The first-order chi connectivity index (χ1) is 16.9. The van der Waals surface area contributed by atoms with Gasteiger partial charge in [-0.25, -0.2) is 9.79 Å². The van der Waals surface area contributed by atoms with E-state index in [-0.39, 0.29) is 5.91 Å². The molecular formula is C27H27N3O3S2. The number of thioether (sulfide) groups is 1. The van der Waals surface area contributed by atoms with Gasteiger partial charge in [0, 0.05) is 22.8 Å². The summed E-state index contributed by atoms with van der Waals surface area (Å²) in [7, 11) is 0. The predicted molar refractivity (Wildman–Crippen MR) is 143 cm³/mol. The maximum atomic E-state index is 13.2. The number of aromatic carboxylic acids is 1. The lowest BCUT2D eigenvalue weighted by Gasteiger charge is -2.12. The number of benzene rings is 1. The van der Waals surface area contributed by atoms with Crippen molar-refractivity contribution in [3.8, 4) is 5.00 Å². The van der Waals surface area contributed by atoms with Crippen molar-refractivity contribution in [3.63, 3.8) is 0 Å². The number of aliphatic imine (C=N–C) groups is 1. The van der Waals surface area contributed by atoms with Crippen LogP contribution in [0.25, 0.3) is 11.1 Å². The number of para-hydroxylation sites is 1. The minimum atomic E-state index is -0.867. The SMILES string of the molecule is CCN1C(=O)/C(=C/c2cc(C)n(-c3sc4c(c3C(=O)O)CCCC4)c2C)SC1=Nc1ccccc1. The standard InChI is InChI=1S/C27H27N3O3S2/c1-4-29-24(31)22(35-27(29)28-19-10-6-5-7-11-19)15-18-14-16(2)30(17(18)3)25-23(26(32)33)20-12-8-9-13-21(20)34-25/h5-7,10-11,14-15H,4,8-9,12-13H2,1-3H3,(H,32,33)/b22-15-,28-27?. The molecule has 0 unspecified atom stereocenters. The van der Waals surface area contributed by atoms with Gasteiger partial charge in [0.2, 0.25) is 0 Å². The van der Waals surface area contributed by atoms with E-state index in [0.717, 1.165) is 58.9 Å². The predicted octanol–water partition coefficient (Wildman–Crippen LogP) is 6.36. The summed E-state index contributed by atoms with van der Waals surface area (Å²) in [6.45, 7) is 6.46. The van der Waals surface area contributed by atoms with Crippen molar-refractivity contribution in [2.24, 2.45) is 4.99 Å². The number of hydrogen-bond acceptors (Lipinski definition) is 5. The zero-order valence-corrected chi connectivity index (χ0v) is 21.6. The molecule has 0 atom stereocenters. The van der Waals surface area contributed by atoms with Gasteiger partial charge in [-0.1, -0.05) is 18.2 Å². The van der Waals surface area contributed by atoms with Crippen LogP contribution < -0.4 is 0 Å². The van der Waals surface area contributed by atoms with Gasteiger partial charge in [0.15, 0.2) is 5.17 Å². The highest BCUT2D eigenvalue weighted by Gasteiger charge is 2.33. The van der Waals surface area contributed by atoms with Crippen molar-refractivity contribution in [3.05, 3.63) is 74.3 Å². The molecule has 5 rings (SSSR count). The molecule has 0 saturated carbocycles. The van der Waals surface area contributed by atoms with Gasteiger partial charge in [0.1, 0.15) is 5.00 Å². The number of aromatic nitrogens is 1. The lowest BCUT2D eigenvalue weighted by Crippen LogP contribution is -2.28. The number of carbonyl (C=O) groups excluding carboxylic acids is 1. The largest absolute Gasteiger partial charge is 0.478 e. The third-order valence-electron chi connectivity index (χ3n) is 6.51. The molecular weight excluding hydrogens is 478 g/mol. The fourth-order valence-electron chi connectivity index (χ4n) is 4.80. The van der Waals surface area contributed by atoms with E-state index in [2.05, 4.69) is 4.99 Å². The Morgan fingerprint density at radius 2 is 1.91 bits per heavy atom. The summed E-state index contributed by atoms with van der Waals surface area (Å²) < 4.78 is 2.04. The molecule has 1 saturated heterocycles. The number of likely N-dealkylation sites (N-methyl/N-ethyl adjacent to an activating group) is 1. The van der Waals surface area contributed by atoms with E-state index < -0.39 is 5.97 Å². The summed E-state index contributed by atoms with van der Waals surface area (Å²) in [5, 5.41) is 11.5. The van der Waals surface area contributed by atoms with E-state index in [1.807, 2.05) is 67.8 Å². The Morgan fingerprint density at radius 1 is 1.17 bits per heavy atom. The van der Waals surface area contributed by atoms with Crippen LogP contribution in [0.3, 0.4) is 0 Å². The van der Waals surface area contributed by atoms with Crippen LogP contribution in [0.2, 0.25) is 0 Å². The monoisotopic (exact) mass is 505 g/mol. The van der Waals surface area contributed by atoms with Gasteiger partial charge >= 0.3 is 5.97 Å². The van der Waals surface area contributed by atoms with E-state index in [0.29, 0.717) is 22.2 Å². The summed E-state index contributed by atoms with van der Waals surface area (Å²) >= 11 is 2.97. The Bertz CT molecular complexity index is 1380. The molecule has 1 N–H and O–H groups in total. The molecule has 35 heavy (non-hydrogen) atoms. The molecule has 2 aliphatic rings. The molecule has 3 aromatic rings. The Morgan fingerprint density at radius 3 is 2.63 bits per heavy atom. The molecule has 1 aliphatic carbocycles. The highest BCUT2D eigenvalue weighted by Crippen LogP contribution is 2.40. The van der Waals surface area contributed by atoms with Crippen molar-refractivity contribution >= 4 is 51.9 Å². The zero-order chi connectivity index (χ0) is 24.7. The lowest BCUT2D eigenvalue weighted by molar-refractivity contribution is -0.122. The second kappa shape index (κ2) is 9.51. The minimum Gasteiger partial charge on any atom is -0.478 e. The van der Waals surface area contributed by atoms with Crippen molar-refractivity contribution in [2.75, 3.05) is 6.54 Å². The number of aryl methyl sites for hydroxylation is 2. The van der Waals surface area contributed by atoms with Crippen molar-refractivity contribution in [1.29, 1.82) is 0 Å². The second-order valence-corrected chi connectivity index (χ2v) is 10.8. The number of rotatable bonds is 5. The summed E-state index contributed by atoms with van der Waals surface area (Å²) in [5.74, 6) is -0.927. The van der Waals surface area contributed by atoms with Gasteiger partial charge in [0.25, 0.3) is 5.91 Å². The highest BCUT2D eigenvalue weighted by molar-refractivity contribution is 8.18. The van der Waals surface area contributed by atoms with E-state index in [1.165, 1.54) is 16.6 Å². The van der Waals surface area contributed by atoms with Crippen LogP contribution in [0.15, 0.2) is 46.3 Å². The van der Waals surface area contributed by atoms with Crippen molar-refractivity contribution in [2.45, 2.75) is 46.5 Å². The number of carbonyl (C=O) groups is 2. The minimum absolute atomic E-state index is 0.0604. The van der Waals surface area contributed by atoms with Crippen LogP contribution >= 0.6 is 23.1 Å². The molecule has 8 heteroatoms. The normalized spacial score (nSPS) is 18.0. The smallest absolute Gasteiger partial charge is 0.339 e. The first kappa shape index (κ1) is 23.6. The maximum absolute atomic E-state index is 13.2. The Kier molecular flexibility index (Phi) is 6.42. The quantitative estimate of drug-likeness (QED) is 0.410. The summed E-state index contributed by atoms with van der Waals surface area (Å²) in [6.07, 6.45) is 5.82. The molecule has 1 amide bonds. The molecule has 0 bridgehead atoms. The van der Waals surface area contributed by atoms with Crippen LogP contribution in [0.5, 0.6) is 0 Å². The van der Waals surface area contributed by atoms with Crippen LogP contribution in [0.1, 0.15) is 57.5 Å². The second-order valence-electron chi connectivity index (χ2n) is 8.75.